The molecule has 0 atom stereocenters. The average Bonchev–Trinajstić information content (AvgIpc) is 2.44. The lowest BCUT2D eigenvalue weighted by Crippen LogP contribution is -2.53. The smallest absolute Gasteiger partial charge is 0.0613 e. The minimum Gasteiger partial charge on any atom is -0.394 e. The van der Waals surface area contributed by atoms with E-state index in [1.807, 2.05) is 0 Å². The second-order valence-corrected chi connectivity index (χ2v) is 5.33. The molecule has 0 radical (unpaired) electrons. The molecule has 0 aromatic heterocycles. The molecular formula is C14H30N2O2. The van der Waals surface area contributed by atoms with Crippen LogP contribution >= 0.6 is 0 Å². The molecule has 0 amide bonds. The molecule has 18 heavy (non-hydrogen) atoms. The van der Waals surface area contributed by atoms with E-state index in [0.717, 1.165) is 51.9 Å². The summed E-state index contributed by atoms with van der Waals surface area (Å²) in [4.78, 5) is 2.40. The van der Waals surface area contributed by atoms with Crippen LogP contribution in [0.15, 0.2) is 0 Å². The number of nitrogens with zero attached hydrogens (tertiary/aromatic N) is 1. The van der Waals surface area contributed by atoms with Gasteiger partial charge in [0.05, 0.1) is 12.7 Å². The van der Waals surface area contributed by atoms with Gasteiger partial charge < -0.3 is 20.1 Å². The third-order valence-corrected chi connectivity index (χ3v) is 4.35. The third-order valence-electron chi connectivity index (χ3n) is 4.35. The number of rotatable bonds is 8. The predicted octanol–water partition coefficient (Wildman–Crippen LogP) is 1.24. The van der Waals surface area contributed by atoms with Crippen molar-refractivity contribution in [1.29, 1.82) is 0 Å². The Morgan fingerprint density at radius 1 is 1.28 bits per heavy atom. The molecule has 0 bridgehead atoms. The Bertz CT molecular complexity index is 212. The predicted molar refractivity (Wildman–Crippen MR) is 74.9 cm³/mol. The van der Waals surface area contributed by atoms with Crippen molar-refractivity contribution < 1.29 is 9.84 Å². The normalized spacial score (nSPS) is 28.8. The van der Waals surface area contributed by atoms with Crippen LogP contribution in [0.25, 0.3) is 0 Å². The van der Waals surface area contributed by atoms with E-state index in [-0.39, 0.29) is 12.1 Å². The molecule has 0 heterocycles. The molecule has 0 aromatic rings. The van der Waals surface area contributed by atoms with Crippen molar-refractivity contribution in [2.75, 3.05) is 39.9 Å². The molecule has 1 saturated carbocycles. The van der Waals surface area contributed by atoms with Gasteiger partial charge in [-0.2, -0.15) is 0 Å². The monoisotopic (exact) mass is 258 g/mol. The molecule has 1 aliphatic carbocycles. The Morgan fingerprint density at radius 3 is 2.33 bits per heavy atom. The van der Waals surface area contributed by atoms with Crippen LogP contribution in [0.5, 0.6) is 0 Å². The van der Waals surface area contributed by atoms with Crippen LogP contribution in [0.3, 0.4) is 0 Å². The first-order valence-electron chi connectivity index (χ1n) is 7.30. The van der Waals surface area contributed by atoms with Gasteiger partial charge in [-0.1, -0.05) is 13.8 Å². The molecule has 108 valence electrons. The van der Waals surface area contributed by atoms with Crippen LogP contribution in [0.2, 0.25) is 0 Å². The summed E-state index contributed by atoms with van der Waals surface area (Å²) in [5, 5.41) is 13.2. The maximum Gasteiger partial charge on any atom is 0.0613 e. The molecule has 0 unspecified atom stereocenters. The van der Waals surface area contributed by atoms with Crippen molar-refractivity contribution in [3.05, 3.63) is 0 Å². The first-order chi connectivity index (χ1) is 8.69. The van der Waals surface area contributed by atoms with Gasteiger partial charge >= 0.3 is 0 Å². The average molecular weight is 258 g/mol. The van der Waals surface area contributed by atoms with E-state index in [1.165, 1.54) is 0 Å². The number of methoxy groups -OCH3 is 1. The van der Waals surface area contributed by atoms with E-state index in [1.54, 1.807) is 7.11 Å². The molecule has 4 nitrogen and oxygen atoms in total. The van der Waals surface area contributed by atoms with Gasteiger partial charge in [0, 0.05) is 25.7 Å². The maximum absolute atomic E-state index is 9.66. The van der Waals surface area contributed by atoms with E-state index in [0.29, 0.717) is 6.10 Å². The number of nitrogens with one attached hydrogen (secondary N) is 1. The Balaban J connectivity index is 2.33. The van der Waals surface area contributed by atoms with Crippen LogP contribution in [0.1, 0.15) is 39.5 Å². The van der Waals surface area contributed by atoms with Crippen molar-refractivity contribution >= 4 is 0 Å². The van der Waals surface area contributed by atoms with E-state index >= 15 is 0 Å². The molecule has 0 aromatic carbocycles. The van der Waals surface area contributed by atoms with Crippen molar-refractivity contribution in [3.8, 4) is 0 Å². The Labute approximate surface area is 112 Å². The Hall–Kier alpha value is -0.160. The number of hydrogen-bond acceptors (Lipinski definition) is 4. The lowest BCUT2D eigenvalue weighted by molar-refractivity contribution is 0.0226. The highest BCUT2D eigenvalue weighted by Gasteiger charge is 2.34. The second-order valence-electron chi connectivity index (χ2n) is 5.33. The van der Waals surface area contributed by atoms with Gasteiger partial charge in [0.25, 0.3) is 0 Å². The van der Waals surface area contributed by atoms with Crippen LogP contribution in [0.4, 0.5) is 0 Å². The molecule has 4 heteroatoms. The van der Waals surface area contributed by atoms with E-state index in [2.05, 4.69) is 24.1 Å². The topological polar surface area (TPSA) is 44.7 Å². The van der Waals surface area contributed by atoms with Gasteiger partial charge in [-0.05, 0) is 38.8 Å². The molecular weight excluding hydrogens is 228 g/mol. The summed E-state index contributed by atoms with van der Waals surface area (Å²) < 4.78 is 5.39. The fourth-order valence-electron chi connectivity index (χ4n) is 2.79. The standard InChI is InChI=1S/C14H30N2O2/c1-4-16(5-2)11-10-15-14(12-17)8-6-13(18-3)7-9-14/h13,15,17H,4-12H2,1-3H3. The van der Waals surface area contributed by atoms with Crippen LogP contribution in [-0.2, 0) is 4.74 Å². The lowest BCUT2D eigenvalue weighted by Gasteiger charge is -2.39. The number of ether oxygens (including phenoxy) is 1. The van der Waals surface area contributed by atoms with E-state index < -0.39 is 0 Å². The second kappa shape index (κ2) is 8.10. The quantitative estimate of drug-likeness (QED) is 0.687. The highest BCUT2D eigenvalue weighted by molar-refractivity contribution is 4.93. The first-order valence-corrected chi connectivity index (χ1v) is 7.30. The fourth-order valence-corrected chi connectivity index (χ4v) is 2.79. The molecule has 0 spiro atoms. The van der Waals surface area contributed by atoms with Crippen LogP contribution < -0.4 is 5.32 Å². The van der Waals surface area contributed by atoms with Gasteiger partial charge in [-0.3, -0.25) is 0 Å². The van der Waals surface area contributed by atoms with Gasteiger partial charge in [0.15, 0.2) is 0 Å². The number of hydrogen-bond donors (Lipinski definition) is 2. The molecule has 1 fully saturated rings. The minimum absolute atomic E-state index is 0.0673. The fraction of sp³-hybridized carbons (Fsp3) is 1.00. The first kappa shape index (κ1) is 15.9. The number of likely N-dealkylation sites (N-methyl/N-ethyl adjacent to an activating group) is 1. The van der Waals surface area contributed by atoms with Crippen LogP contribution in [0, 0.1) is 0 Å². The SMILES string of the molecule is CCN(CC)CCNC1(CO)CCC(OC)CC1. The zero-order valence-corrected chi connectivity index (χ0v) is 12.2. The van der Waals surface area contributed by atoms with Crippen molar-refractivity contribution in [2.45, 2.75) is 51.2 Å². The molecule has 2 N–H and O–H groups in total. The maximum atomic E-state index is 9.66. The van der Waals surface area contributed by atoms with E-state index in [9.17, 15) is 5.11 Å². The summed E-state index contributed by atoms with van der Waals surface area (Å²) in [5.74, 6) is 0. The Morgan fingerprint density at radius 2 is 1.89 bits per heavy atom. The van der Waals surface area contributed by atoms with Crippen LogP contribution in [-0.4, -0.2) is 61.5 Å². The highest BCUT2D eigenvalue weighted by Crippen LogP contribution is 2.29. The molecule has 1 aliphatic rings. The molecule has 1 rings (SSSR count). The highest BCUT2D eigenvalue weighted by atomic mass is 16.5. The van der Waals surface area contributed by atoms with Crippen molar-refractivity contribution in [1.82, 2.24) is 10.2 Å². The summed E-state index contributed by atoms with van der Waals surface area (Å²) in [6, 6.07) is 0. The zero-order chi connectivity index (χ0) is 13.4. The van der Waals surface area contributed by atoms with Gasteiger partial charge in [-0.25, -0.2) is 0 Å². The summed E-state index contributed by atoms with van der Waals surface area (Å²) in [5.41, 5.74) is -0.0673. The Kier molecular flexibility index (Phi) is 7.15. The number of aliphatic hydroxyl groups is 1. The van der Waals surface area contributed by atoms with Crippen molar-refractivity contribution in [2.24, 2.45) is 0 Å². The summed E-state index contributed by atoms with van der Waals surface area (Å²) in [6.07, 6.45) is 4.51. The molecule has 0 aliphatic heterocycles. The van der Waals surface area contributed by atoms with Gasteiger partial charge in [-0.15, -0.1) is 0 Å². The van der Waals surface area contributed by atoms with E-state index in [4.69, 9.17) is 4.74 Å². The molecule has 0 saturated heterocycles. The summed E-state index contributed by atoms with van der Waals surface area (Å²) in [7, 11) is 1.78. The van der Waals surface area contributed by atoms with Gasteiger partial charge in [0.1, 0.15) is 0 Å². The third kappa shape index (κ3) is 4.50. The van der Waals surface area contributed by atoms with Crippen molar-refractivity contribution in [3.63, 3.8) is 0 Å². The summed E-state index contributed by atoms with van der Waals surface area (Å²) >= 11 is 0. The number of aliphatic hydroxyl groups excluding tert-OH is 1. The zero-order valence-electron chi connectivity index (χ0n) is 12.2. The largest absolute Gasteiger partial charge is 0.394 e. The summed E-state index contributed by atoms with van der Waals surface area (Å²) in [6.45, 7) is 8.82. The lowest BCUT2D eigenvalue weighted by atomic mass is 9.81. The minimum atomic E-state index is -0.0673. The van der Waals surface area contributed by atoms with Gasteiger partial charge in [0.2, 0.25) is 0 Å².